The summed E-state index contributed by atoms with van der Waals surface area (Å²) < 4.78 is 0. The first-order valence-electron chi connectivity index (χ1n) is 5.46. The average Bonchev–Trinajstić information content (AvgIpc) is 2.77. The van der Waals surface area contributed by atoms with Crippen LogP contribution >= 0.6 is 11.6 Å². The Morgan fingerprint density at radius 2 is 1.77 bits per heavy atom. The second kappa shape index (κ2) is 1.84. The average molecular weight is 196 g/mol. The van der Waals surface area contributed by atoms with Crippen LogP contribution in [-0.2, 0) is 0 Å². The minimum absolute atomic E-state index is 0.188. The normalized spacial score (nSPS) is 66.4. The van der Waals surface area contributed by atoms with Gasteiger partial charge in [-0.3, -0.25) is 4.99 Å². The van der Waals surface area contributed by atoms with Gasteiger partial charge in [0.05, 0.1) is 0 Å². The highest BCUT2D eigenvalue weighted by molar-refractivity contribution is 6.24. The molecule has 1 nitrogen and oxygen atoms in total. The Kier molecular flexibility index (Phi) is 1.03. The lowest BCUT2D eigenvalue weighted by Crippen LogP contribution is -2.57. The number of aliphatic imine (C=N–C) groups is 1. The molecule has 5 atom stereocenters. The van der Waals surface area contributed by atoms with Gasteiger partial charge in [0.25, 0.3) is 0 Å². The molecule has 1 aliphatic heterocycles. The molecule has 0 radical (unpaired) electrons. The molecule has 0 N–H and O–H groups in total. The summed E-state index contributed by atoms with van der Waals surface area (Å²) in [5, 5.41) is 0. The SMILES string of the molecule is ClC12CC3C[C@H](C1)C1(C=N1)[C@@H](C3)C2. The minimum atomic E-state index is 0.188. The molecule has 3 unspecified atom stereocenters. The first-order valence-corrected chi connectivity index (χ1v) is 5.83. The van der Waals surface area contributed by atoms with E-state index in [0.717, 1.165) is 17.8 Å². The van der Waals surface area contributed by atoms with Crippen molar-refractivity contribution in [2.75, 3.05) is 0 Å². The molecule has 0 aromatic heterocycles. The van der Waals surface area contributed by atoms with Gasteiger partial charge in [-0.05, 0) is 49.9 Å². The molecule has 0 amide bonds. The fourth-order valence-electron chi connectivity index (χ4n) is 4.42. The second-order valence-electron chi connectivity index (χ2n) is 5.64. The quantitative estimate of drug-likeness (QED) is 0.527. The summed E-state index contributed by atoms with van der Waals surface area (Å²) in [7, 11) is 0. The number of halogens is 1. The largest absolute Gasteiger partial charge is 0.282 e. The molecule has 5 aliphatic rings. The minimum Gasteiger partial charge on any atom is -0.282 e. The summed E-state index contributed by atoms with van der Waals surface area (Å²) >= 11 is 6.63. The smallest absolute Gasteiger partial charge is 0.101 e. The van der Waals surface area contributed by atoms with E-state index in [1.54, 1.807) is 0 Å². The highest BCUT2D eigenvalue weighted by Crippen LogP contribution is 2.65. The van der Waals surface area contributed by atoms with Crippen LogP contribution in [0.25, 0.3) is 0 Å². The number of hydrogen-bond acceptors (Lipinski definition) is 1. The maximum atomic E-state index is 6.63. The fourth-order valence-corrected chi connectivity index (χ4v) is 5.01. The van der Waals surface area contributed by atoms with Gasteiger partial charge in [-0.2, -0.15) is 0 Å². The summed E-state index contributed by atoms with van der Waals surface area (Å²) in [6.45, 7) is 0. The molecule has 0 saturated heterocycles. The summed E-state index contributed by atoms with van der Waals surface area (Å²) in [5.74, 6) is 2.57. The molecule has 0 aromatic carbocycles. The molecule has 1 spiro atoms. The summed E-state index contributed by atoms with van der Waals surface area (Å²) in [5.41, 5.74) is 0.343. The molecule has 4 fully saturated rings. The fraction of sp³-hybridized carbons (Fsp3) is 0.909. The Bertz CT molecular complexity index is 285. The highest BCUT2D eigenvalue weighted by Gasteiger charge is 2.64. The van der Waals surface area contributed by atoms with Crippen molar-refractivity contribution in [1.82, 2.24) is 0 Å². The van der Waals surface area contributed by atoms with E-state index in [4.69, 9.17) is 11.6 Å². The van der Waals surface area contributed by atoms with E-state index in [-0.39, 0.29) is 4.87 Å². The highest BCUT2D eigenvalue weighted by atomic mass is 35.5. The molecular formula is C11H14ClN. The maximum Gasteiger partial charge on any atom is 0.101 e. The predicted molar refractivity (Wildman–Crippen MR) is 53.4 cm³/mol. The monoisotopic (exact) mass is 195 g/mol. The molecule has 13 heavy (non-hydrogen) atoms. The zero-order valence-electron chi connectivity index (χ0n) is 7.67. The van der Waals surface area contributed by atoms with Crippen LogP contribution in [0.4, 0.5) is 0 Å². The van der Waals surface area contributed by atoms with Crippen molar-refractivity contribution >= 4 is 17.8 Å². The zero-order valence-corrected chi connectivity index (χ0v) is 8.43. The Morgan fingerprint density at radius 3 is 2.23 bits per heavy atom. The zero-order chi connectivity index (χ0) is 8.68. The Labute approximate surface area is 83.6 Å². The number of hydrogen-bond donors (Lipinski definition) is 0. The Morgan fingerprint density at radius 1 is 1.15 bits per heavy atom. The summed E-state index contributed by atoms with van der Waals surface area (Å²) in [4.78, 5) is 4.77. The summed E-state index contributed by atoms with van der Waals surface area (Å²) in [6.07, 6.45) is 8.80. The standard InChI is InChI=1S/C11H14ClN/c12-10-3-7-1-8(4-10)11(6-13-11)9(2-7)5-10/h6-9H,1-5H2/t7?,8-,9+,10?,11?. The molecule has 1 heterocycles. The van der Waals surface area contributed by atoms with Crippen molar-refractivity contribution < 1.29 is 0 Å². The van der Waals surface area contributed by atoms with Crippen molar-refractivity contribution in [3.05, 3.63) is 0 Å². The van der Waals surface area contributed by atoms with Gasteiger partial charge in [-0.25, -0.2) is 0 Å². The van der Waals surface area contributed by atoms with E-state index >= 15 is 0 Å². The van der Waals surface area contributed by atoms with E-state index in [2.05, 4.69) is 11.2 Å². The molecule has 5 rings (SSSR count). The topological polar surface area (TPSA) is 12.4 Å². The van der Waals surface area contributed by atoms with E-state index in [9.17, 15) is 0 Å². The van der Waals surface area contributed by atoms with Crippen molar-refractivity contribution in [2.24, 2.45) is 22.7 Å². The van der Waals surface area contributed by atoms with Gasteiger partial charge in [-0.1, -0.05) is 0 Å². The molecule has 70 valence electrons. The Hall–Kier alpha value is -0.0400. The third-order valence-electron chi connectivity index (χ3n) is 4.85. The van der Waals surface area contributed by atoms with E-state index in [0.29, 0.717) is 5.54 Å². The lowest BCUT2D eigenvalue weighted by Gasteiger charge is -2.57. The van der Waals surface area contributed by atoms with Gasteiger partial charge in [-0.15, -0.1) is 11.6 Å². The van der Waals surface area contributed by atoms with Crippen molar-refractivity contribution in [3.63, 3.8) is 0 Å². The number of nitrogens with zero attached hydrogens (tertiary/aromatic N) is 1. The van der Waals surface area contributed by atoms with Crippen LogP contribution in [0.1, 0.15) is 32.1 Å². The van der Waals surface area contributed by atoms with Gasteiger partial charge < -0.3 is 0 Å². The van der Waals surface area contributed by atoms with Gasteiger partial charge in [0.15, 0.2) is 0 Å². The third kappa shape index (κ3) is 0.743. The van der Waals surface area contributed by atoms with Crippen molar-refractivity contribution in [1.29, 1.82) is 0 Å². The molecule has 4 aliphatic carbocycles. The first-order chi connectivity index (χ1) is 6.20. The number of alkyl halides is 1. The van der Waals surface area contributed by atoms with E-state index < -0.39 is 0 Å². The van der Waals surface area contributed by atoms with Crippen LogP contribution in [0, 0.1) is 17.8 Å². The van der Waals surface area contributed by atoms with Gasteiger partial charge in [0, 0.05) is 11.1 Å². The molecule has 4 saturated carbocycles. The first kappa shape index (κ1) is 7.28. The van der Waals surface area contributed by atoms with E-state index in [1.807, 2.05) is 0 Å². The Balaban J connectivity index is 1.79. The van der Waals surface area contributed by atoms with Crippen LogP contribution in [-0.4, -0.2) is 16.6 Å². The van der Waals surface area contributed by atoms with Crippen LogP contribution < -0.4 is 0 Å². The third-order valence-corrected chi connectivity index (χ3v) is 5.31. The second-order valence-corrected chi connectivity index (χ2v) is 6.44. The van der Waals surface area contributed by atoms with Crippen LogP contribution in [0.5, 0.6) is 0 Å². The molecule has 0 aromatic rings. The summed E-state index contributed by atoms with van der Waals surface area (Å²) in [6, 6.07) is 0. The van der Waals surface area contributed by atoms with Gasteiger partial charge in [0.1, 0.15) is 5.54 Å². The van der Waals surface area contributed by atoms with Crippen LogP contribution in [0.2, 0.25) is 0 Å². The molecular weight excluding hydrogens is 182 g/mol. The van der Waals surface area contributed by atoms with Gasteiger partial charge in [0.2, 0.25) is 0 Å². The van der Waals surface area contributed by atoms with Crippen LogP contribution in [0.15, 0.2) is 4.99 Å². The van der Waals surface area contributed by atoms with Gasteiger partial charge >= 0.3 is 0 Å². The van der Waals surface area contributed by atoms with Crippen molar-refractivity contribution in [2.45, 2.75) is 42.5 Å². The lowest BCUT2D eigenvalue weighted by atomic mass is 9.50. The molecule has 2 heteroatoms. The predicted octanol–water partition coefficient (Wildman–Crippen LogP) is 2.63. The maximum absolute atomic E-state index is 6.63. The lowest BCUT2D eigenvalue weighted by molar-refractivity contribution is 0.00653. The van der Waals surface area contributed by atoms with Crippen LogP contribution in [0.3, 0.4) is 0 Å². The van der Waals surface area contributed by atoms with E-state index in [1.165, 1.54) is 32.1 Å². The van der Waals surface area contributed by atoms with Crippen molar-refractivity contribution in [3.8, 4) is 0 Å². The molecule has 4 bridgehead atoms. The number of rotatable bonds is 0.